The number of hydrogen-bond acceptors (Lipinski definition) is 6. The minimum Gasteiger partial charge on any atom is -0.361 e. The van der Waals surface area contributed by atoms with Crippen LogP contribution in [0.25, 0.3) is 0 Å². The zero-order valence-corrected chi connectivity index (χ0v) is 14.2. The molecule has 1 aliphatic heterocycles. The maximum absolute atomic E-state index is 11.3. The number of aryl methyl sites for hydroxylation is 1. The molecule has 25 heavy (non-hydrogen) atoms. The summed E-state index contributed by atoms with van der Waals surface area (Å²) in [5, 5.41) is 14.4. The Kier molecular flexibility index (Phi) is 3.99. The molecule has 1 aromatic carbocycles. The van der Waals surface area contributed by atoms with Crippen molar-refractivity contribution < 1.29 is 4.92 Å². The smallest absolute Gasteiger partial charge is 0.329 e. The van der Waals surface area contributed by atoms with Gasteiger partial charge in [-0.05, 0) is 38.2 Å². The zero-order valence-electron chi connectivity index (χ0n) is 14.2. The van der Waals surface area contributed by atoms with Crippen molar-refractivity contribution in [2.24, 2.45) is 0 Å². The van der Waals surface area contributed by atoms with E-state index in [1.807, 2.05) is 0 Å². The molecule has 1 atom stereocenters. The van der Waals surface area contributed by atoms with Crippen LogP contribution in [0.5, 0.6) is 0 Å². The van der Waals surface area contributed by atoms with Gasteiger partial charge in [-0.1, -0.05) is 29.8 Å². The van der Waals surface area contributed by atoms with Crippen molar-refractivity contribution in [3.8, 4) is 0 Å². The number of anilines is 2. The Balaban J connectivity index is 1.66. The second-order valence-corrected chi connectivity index (χ2v) is 6.85. The maximum Gasteiger partial charge on any atom is 0.329 e. The molecule has 1 saturated carbocycles. The van der Waals surface area contributed by atoms with Gasteiger partial charge < -0.3 is 10.2 Å². The van der Waals surface area contributed by atoms with Gasteiger partial charge in [-0.2, -0.15) is 4.98 Å². The van der Waals surface area contributed by atoms with E-state index in [9.17, 15) is 10.1 Å². The van der Waals surface area contributed by atoms with Crippen LogP contribution in [0.3, 0.4) is 0 Å². The molecule has 1 aliphatic carbocycles. The number of rotatable bonds is 5. The van der Waals surface area contributed by atoms with Crippen LogP contribution in [0.15, 0.2) is 30.5 Å². The summed E-state index contributed by atoms with van der Waals surface area (Å²) in [6.07, 6.45) is 5.50. The highest BCUT2D eigenvalue weighted by atomic mass is 16.6. The van der Waals surface area contributed by atoms with Crippen LogP contribution in [-0.4, -0.2) is 27.5 Å². The molecule has 2 heterocycles. The number of aromatic nitrogens is 2. The molecule has 7 nitrogen and oxygen atoms in total. The largest absolute Gasteiger partial charge is 0.361 e. The Morgan fingerprint density at radius 2 is 2.16 bits per heavy atom. The standard InChI is InChI=1S/C18H21N5O2/c1-12-4-2-5-13(10-12)15-6-3-9-22(15)18-19-11-16(23(24)25)17(21-18)20-14-7-8-14/h2,4-5,10-11,14-15H,3,6-9H2,1H3,(H,19,20,21). The van der Waals surface area contributed by atoms with Crippen molar-refractivity contribution in [2.75, 3.05) is 16.8 Å². The van der Waals surface area contributed by atoms with Gasteiger partial charge in [0.1, 0.15) is 6.20 Å². The molecule has 130 valence electrons. The molecule has 4 rings (SSSR count). The SMILES string of the molecule is Cc1cccc(C2CCCN2c2ncc([N+](=O)[O-])c(NC3CC3)n2)c1. The van der Waals surface area contributed by atoms with Gasteiger partial charge >= 0.3 is 5.69 Å². The first-order valence-electron chi connectivity index (χ1n) is 8.73. The van der Waals surface area contributed by atoms with Crippen molar-refractivity contribution in [1.29, 1.82) is 0 Å². The molecule has 1 aromatic heterocycles. The van der Waals surface area contributed by atoms with E-state index < -0.39 is 4.92 Å². The van der Waals surface area contributed by atoms with Crippen LogP contribution in [0, 0.1) is 17.0 Å². The summed E-state index contributed by atoms with van der Waals surface area (Å²) in [5.74, 6) is 0.908. The predicted octanol–water partition coefficient (Wildman–Crippen LogP) is 3.61. The van der Waals surface area contributed by atoms with Crippen molar-refractivity contribution in [3.05, 3.63) is 51.7 Å². The lowest BCUT2D eigenvalue weighted by molar-refractivity contribution is -0.384. The number of benzene rings is 1. The fourth-order valence-corrected chi connectivity index (χ4v) is 3.40. The lowest BCUT2D eigenvalue weighted by Crippen LogP contribution is -2.25. The Morgan fingerprint density at radius 3 is 2.88 bits per heavy atom. The first-order valence-corrected chi connectivity index (χ1v) is 8.73. The Hall–Kier alpha value is -2.70. The molecule has 1 N–H and O–H groups in total. The van der Waals surface area contributed by atoms with Gasteiger partial charge in [0.15, 0.2) is 0 Å². The fraction of sp³-hybridized carbons (Fsp3) is 0.444. The molecule has 1 unspecified atom stereocenters. The van der Waals surface area contributed by atoms with Crippen LogP contribution >= 0.6 is 0 Å². The molecule has 0 radical (unpaired) electrons. The summed E-state index contributed by atoms with van der Waals surface area (Å²) in [6, 6.07) is 8.99. The number of nitrogens with one attached hydrogen (secondary N) is 1. The lowest BCUT2D eigenvalue weighted by atomic mass is 10.0. The maximum atomic E-state index is 11.3. The quantitative estimate of drug-likeness (QED) is 0.662. The Morgan fingerprint density at radius 1 is 1.32 bits per heavy atom. The molecule has 1 saturated heterocycles. The van der Waals surface area contributed by atoms with Gasteiger partial charge in [0.25, 0.3) is 0 Å². The molecule has 0 bridgehead atoms. The van der Waals surface area contributed by atoms with Crippen LogP contribution in [-0.2, 0) is 0 Å². The number of nitro groups is 1. The first-order chi connectivity index (χ1) is 12.1. The van der Waals surface area contributed by atoms with Gasteiger partial charge in [0, 0.05) is 12.6 Å². The zero-order chi connectivity index (χ0) is 17.4. The third-order valence-electron chi connectivity index (χ3n) is 4.81. The van der Waals surface area contributed by atoms with E-state index in [4.69, 9.17) is 0 Å². The second kappa shape index (κ2) is 6.31. The first kappa shape index (κ1) is 15.8. The van der Waals surface area contributed by atoms with Crippen LogP contribution in [0.4, 0.5) is 17.5 Å². The summed E-state index contributed by atoms with van der Waals surface area (Å²) >= 11 is 0. The van der Waals surface area contributed by atoms with Gasteiger partial charge in [-0.3, -0.25) is 10.1 Å². The third-order valence-corrected chi connectivity index (χ3v) is 4.81. The van der Waals surface area contributed by atoms with E-state index in [1.165, 1.54) is 17.3 Å². The number of hydrogen-bond donors (Lipinski definition) is 1. The van der Waals surface area contributed by atoms with Crippen molar-refractivity contribution in [1.82, 2.24) is 9.97 Å². The highest BCUT2D eigenvalue weighted by Gasteiger charge is 2.31. The van der Waals surface area contributed by atoms with E-state index >= 15 is 0 Å². The molecule has 2 fully saturated rings. The molecule has 0 amide bonds. The monoisotopic (exact) mass is 339 g/mol. The van der Waals surface area contributed by atoms with Crippen LogP contribution in [0.1, 0.15) is 42.9 Å². The Bertz CT molecular complexity index is 806. The molecular weight excluding hydrogens is 318 g/mol. The second-order valence-electron chi connectivity index (χ2n) is 6.85. The normalized spacial score (nSPS) is 19.9. The summed E-state index contributed by atoms with van der Waals surface area (Å²) in [7, 11) is 0. The third kappa shape index (κ3) is 3.26. The van der Waals surface area contributed by atoms with E-state index in [0.29, 0.717) is 17.8 Å². The van der Waals surface area contributed by atoms with E-state index in [2.05, 4.69) is 51.4 Å². The van der Waals surface area contributed by atoms with E-state index in [-0.39, 0.29) is 11.7 Å². The topological polar surface area (TPSA) is 84.2 Å². The average molecular weight is 339 g/mol. The number of nitrogens with zero attached hydrogens (tertiary/aromatic N) is 4. The van der Waals surface area contributed by atoms with Gasteiger partial charge in [-0.15, -0.1) is 0 Å². The highest BCUT2D eigenvalue weighted by Crippen LogP contribution is 2.37. The van der Waals surface area contributed by atoms with Crippen LogP contribution in [0.2, 0.25) is 0 Å². The van der Waals surface area contributed by atoms with E-state index in [1.54, 1.807) is 0 Å². The Labute approximate surface area is 146 Å². The summed E-state index contributed by atoms with van der Waals surface area (Å²) < 4.78 is 0. The summed E-state index contributed by atoms with van der Waals surface area (Å²) in [5.41, 5.74) is 2.42. The molecule has 2 aliphatic rings. The minimum absolute atomic E-state index is 0.0537. The predicted molar refractivity (Wildman–Crippen MR) is 95.8 cm³/mol. The summed E-state index contributed by atoms with van der Waals surface area (Å²) in [6.45, 7) is 2.95. The van der Waals surface area contributed by atoms with Gasteiger partial charge in [0.05, 0.1) is 11.0 Å². The average Bonchev–Trinajstić information content (AvgIpc) is 3.26. The molecular formula is C18H21N5O2. The molecule has 7 heteroatoms. The van der Waals surface area contributed by atoms with Crippen molar-refractivity contribution >= 4 is 17.5 Å². The fourth-order valence-electron chi connectivity index (χ4n) is 3.40. The van der Waals surface area contributed by atoms with Gasteiger partial charge in [0.2, 0.25) is 11.8 Å². The minimum atomic E-state index is -0.420. The van der Waals surface area contributed by atoms with Crippen LogP contribution < -0.4 is 10.2 Å². The van der Waals surface area contributed by atoms with Crippen molar-refractivity contribution in [2.45, 2.75) is 44.7 Å². The van der Waals surface area contributed by atoms with Crippen molar-refractivity contribution in [3.63, 3.8) is 0 Å². The van der Waals surface area contributed by atoms with E-state index in [0.717, 1.165) is 32.2 Å². The molecule has 0 spiro atoms. The molecule has 2 aromatic rings. The summed E-state index contributed by atoms with van der Waals surface area (Å²) in [4.78, 5) is 21.8. The lowest BCUT2D eigenvalue weighted by Gasteiger charge is -2.25. The van der Waals surface area contributed by atoms with Gasteiger partial charge in [-0.25, -0.2) is 4.98 Å². The highest BCUT2D eigenvalue weighted by molar-refractivity contribution is 5.59.